The van der Waals surface area contributed by atoms with Gasteiger partial charge in [-0.1, -0.05) is 60.1 Å². The van der Waals surface area contributed by atoms with Crippen LogP contribution < -0.4 is 10.1 Å². The molecule has 6 heteroatoms. The van der Waals surface area contributed by atoms with Gasteiger partial charge in [0.15, 0.2) is 0 Å². The SMILES string of the molecule is CCOc1ccc(NC(=O)C2(c3ccc(Cl)cc3Cl)CCCCC2)cc1Cl. The van der Waals surface area contributed by atoms with E-state index in [9.17, 15) is 4.79 Å². The lowest BCUT2D eigenvalue weighted by Crippen LogP contribution is -2.42. The number of nitrogens with one attached hydrogen (secondary N) is 1. The molecule has 1 saturated carbocycles. The Morgan fingerprint density at radius 3 is 2.41 bits per heavy atom. The molecule has 0 saturated heterocycles. The summed E-state index contributed by atoms with van der Waals surface area (Å²) in [7, 11) is 0. The second-order valence-corrected chi connectivity index (χ2v) is 8.05. The van der Waals surface area contributed by atoms with E-state index in [-0.39, 0.29) is 5.91 Å². The lowest BCUT2D eigenvalue weighted by atomic mass is 9.68. The van der Waals surface area contributed by atoms with Crippen LogP contribution in [0.25, 0.3) is 0 Å². The minimum Gasteiger partial charge on any atom is -0.492 e. The molecule has 0 heterocycles. The molecule has 27 heavy (non-hydrogen) atoms. The molecule has 3 nitrogen and oxygen atoms in total. The van der Waals surface area contributed by atoms with Crippen molar-refractivity contribution in [2.24, 2.45) is 0 Å². The van der Waals surface area contributed by atoms with Gasteiger partial charge in [0.2, 0.25) is 5.91 Å². The Morgan fingerprint density at radius 1 is 1.04 bits per heavy atom. The van der Waals surface area contributed by atoms with Crippen LogP contribution in [-0.2, 0) is 10.2 Å². The van der Waals surface area contributed by atoms with Gasteiger partial charge >= 0.3 is 0 Å². The highest BCUT2D eigenvalue weighted by atomic mass is 35.5. The second-order valence-electron chi connectivity index (χ2n) is 6.80. The first-order valence-electron chi connectivity index (χ1n) is 9.15. The van der Waals surface area contributed by atoms with Crippen molar-refractivity contribution in [2.75, 3.05) is 11.9 Å². The van der Waals surface area contributed by atoms with E-state index in [0.717, 1.165) is 37.7 Å². The summed E-state index contributed by atoms with van der Waals surface area (Å²) in [6.45, 7) is 2.43. The van der Waals surface area contributed by atoms with Crippen molar-refractivity contribution in [2.45, 2.75) is 44.4 Å². The maximum atomic E-state index is 13.4. The number of carbonyl (C=O) groups excluding carboxylic acids is 1. The first-order chi connectivity index (χ1) is 13.0. The van der Waals surface area contributed by atoms with E-state index in [0.29, 0.717) is 33.1 Å². The first kappa shape index (κ1) is 20.3. The van der Waals surface area contributed by atoms with E-state index in [1.807, 2.05) is 13.0 Å². The number of carbonyl (C=O) groups is 1. The predicted molar refractivity (Wildman–Crippen MR) is 112 cm³/mol. The van der Waals surface area contributed by atoms with Gasteiger partial charge in [-0.3, -0.25) is 4.79 Å². The molecule has 1 aliphatic rings. The molecule has 1 amide bonds. The molecule has 0 radical (unpaired) electrons. The number of halogens is 3. The molecule has 2 aromatic rings. The Labute approximate surface area is 175 Å². The molecular weight excluding hydrogens is 405 g/mol. The van der Waals surface area contributed by atoms with E-state index in [4.69, 9.17) is 39.5 Å². The van der Waals surface area contributed by atoms with Crippen molar-refractivity contribution in [3.8, 4) is 5.75 Å². The summed E-state index contributed by atoms with van der Waals surface area (Å²) in [5.41, 5.74) is 0.816. The van der Waals surface area contributed by atoms with E-state index in [1.54, 1.807) is 30.3 Å². The van der Waals surface area contributed by atoms with E-state index < -0.39 is 5.41 Å². The molecule has 2 aromatic carbocycles. The van der Waals surface area contributed by atoms with Gasteiger partial charge in [0.05, 0.1) is 17.0 Å². The van der Waals surface area contributed by atoms with Crippen molar-refractivity contribution in [3.63, 3.8) is 0 Å². The number of anilines is 1. The third-order valence-electron chi connectivity index (χ3n) is 5.08. The predicted octanol–water partition coefficient (Wildman–Crippen LogP) is 6.89. The minimum atomic E-state index is -0.662. The van der Waals surface area contributed by atoms with Crippen molar-refractivity contribution >= 4 is 46.4 Å². The minimum absolute atomic E-state index is 0.0633. The molecule has 0 spiro atoms. The third kappa shape index (κ3) is 4.37. The Morgan fingerprint density at radius 2 is 1.78 bits per heavy atom. The number of hydrogen-bond acceptors (Lipinski definition) is 2. The van der Waals surface area contributed by atoms with Crippen LogP contribution in [0.2, 0.25) is 15.1 Å². The summed E-state index contributed by atoms with van der Waals surface area (Å²) < 4.78 is 5.45. The van der Waals surface area contributed by atoms with Gasteiger partial charge in [0.25, 0.3) is 0 Å². The van der Waals surface area contributed by atoms with Crippen molar-refractivity contribution < 1.29 is 9.53 Å². The van der Waals surface area contributed by atoms with Crippen molar-refractivity contribution in [3.05, 3.63) is 57.0 Å². The molecule has 144 valence electrons. The number of ether oxygens (including phenoxy) is 1. The summed E-state index contributed by atoms with van der Waals surface area (Å²) >= 11 is 18.8. The van der Waals surface area contributed by atoms with Crippen LogP contribution in [0.1, 0.15) is 44.6 Å². The smallest absolute Gasteiger partial charge is 0.235 e. The summed E-state index contributed by atoms with van der Waals surface area (Å²) in [6, 6.07) is 10.7. The molecule has 1 N–H and O–H groups in total. The van der Waals surface area contributed by atoms with Gasteiger partial charge in [-0.15, -0.1) is 0 Å². The van der Waals surface area contributed by atoms with Crippen LogP contribution in [0.4, 0.5) is 5.69 Å². The third-order valence-corrected chi connectivity index (χ3v) is 5.92. The maximum absolute atomic E-state index is 13.4. The van der Waals surface area contributed by atoms with Gasteiger partial charge in [-0.25, -0.2) is 0 Å². The molecule has 1 fully saturated rings. The van der Waals surface area contributed by atoms with Crippen LogP contribution in [0.5, 0.6) is 5.75 Å². The molecular formula is C21H22Cl3NO2. The van der Waals surface area contributed by atoms with Crippen LogP contribution in [0.15, 0.2) is 36.4 Å². The van der Waals surface area contributed by atoms with Gasteiger partial charge in [-0.05, 0) is 55.7 Å². The summed E-state index contributed by atoms with van der Waals surface area (Å²) in [5, 5.41) is 4.60. The van der Waals surface area contributed by atoms with Crippen LogP contribution in [0, 0.1) is 0 Å². The van der Waals surface area contributed by atoms with E-state index in [2.05, 4.69) is 5.32 Å². The molecule has 0 aromatic heterocycles. The Kier molecular flexibility index (Phi) is 6.56. The second kappa shape index (κ2) is 8.72. The van der Waals surface area contributed by atoms with Gasteiger partial charge in [0.1, 0.15) is 5.75 Å². The van der Waals surface area contributed by atoms with E-state index >= 15 is 0 Å². The highest BCUT2D eigenvalue weighted by Gasteiger charge is 2.42. The monoisotopic (exact) mass is 425 g/mol. The Balaban J connectivity index is 1.91. The summed E-state index contributed by atoms with van der Waals surface area (Å²) in [4.78, 5) is 13.4. The van der Waals surface area contributed by atoms with Gasteiger partial charge in [-0.2, -0.15) is 0 Å². The highest BCUT2D eigenvalue weighted by molar-refractivity contribution is 6.35. The first-order valence-corrected chi connectivity index (χ1v) is 10.3. The maximum Gasteiger partial charge on any atom is 0.235 e. The number of amides is 1. The number of rotatable bonds is 5. The average molecular weight is 427 g/mol. The van der Waals surface area contributed by atoms with Crippen molar-refractivity contribution in [1.82, 2.24) is 0 Å². The molecule has 1 aliphatic carbocycles. The molecule has 3 rings (SSSR count). The number of hydrogen-bond donors (Lipinski definition) is 1. The summed E-state index contributed by atoms with van der Waals surface area (Å²) in [5.74, 6) is 0.539. The molecule has 0 unspecified atom stereocenters. The molecule has 0 atom stereocenters. The molecule has 0 aliphatic heterocycles. The zero-order valence-electron chi connectivity index (χ0n) is 15.2. The Bertz CT molecular complexity index is 832. The fourth-order valence-corrected chi connectivity index (χ4v) is 4.58. The standard InChI is InChI=1S/C21H22Cl3NO2/c1-2-27-19-9-7-15(13-18(19)24)25-20(26)21(10-4-3-5-11-21)16-8-6-14(22)12-17(16)23/h6-9,12-13H,2-5,10-11H2,1H3,(H,25,26). The van der Waals surface area contributed by atoms with Crippen LogP contribution in [0.3, 0.4) is 0 Å². The number of benzene rings is 2. The van der Waals surface area contributed by atoms with E-state index in [1.165, 1.54) is 0 Å². The fourth-order valence-electron chi connectivity index (χ4n) is 3.75. The lowest BCUT2D eigenvalue weighted by molar-refractivity contribution is -0.122. The highest BCUT2D eigenvalue weighted by Crippen LogP contribution is 2.44. The fraction of sp³-hybridized carbons (Fsp3) is 0.381. The normalized spacial score (nSPS) is 16.0. The van der Waals surface area contributed by atoms with Gasteiger partial charge in [0, 0.05) is 15.7 Å². The Hall–Kier alpha value is -1.42. The summed E-state index contributed by atoms with van der Waals surface area (Å²) in [6.07, 6.45) is 4.60. The topological polar surface area (TPSA) is 38.3 Å². The van der Waals surface area contributed by atoms with Gasteiger partial charge < -0.3 is 10.1 Å². The van der Waals surface area contributed by atoms with Crippen LogP contribution >= 0.6 is 34.8 Å². The zero-order chi connectivity index (χ0) is 19.4. The van der Waals surface area contributed by atoms with Crippen LogP contribution in [-0.4, -0.2) is 12.5 Å². The largest absolute Gasteiger partial charge is 0.492 e. The quantitative estimate of drug-likeness (QED) is 0.565. The molecule has 0 bridgehead atoms. The lowest BCUT2D eigenvalue weighted by Gasteiger charge is -2.37. The zero-order valence-corrected chi connectivity index (χ0v) is 17.4. The van der Waals surface area contributed by atoms with Crippen molar-refractivity contribution in [1.29, 1.82) is 0 Å². The average Bonchev–Trinajstić information content (AvgIpc) is 2.64.